The van der Waals surface area contributed by atoms with Crippen molar-refractivity contribution in [1.29, 1.82) is 0 Å². The molecule has 2 aromatic rings. The van der Waals surface area contributed by atoms with Crippen molar-refractivity contribution in [3.63, 3.8) is 0 Å². The fourth-order valence-electron chi connectivity index (χ4n) is 3.20. The molecule has 0 atom stereocenters. The standard InChI is InChI=1S/C18H18F3N3S/c19-18(20,21)11-9-14(23-12-5-7-22-8-6-12)17-16(10-11)25-15-4-2-1-3-13(15)24-17/h1-4,9-10,12,22-24H,5-8H2. The molecule has 0 amide bonds. The minimum absolute atomic E-state index is 0.179. The SMILES string of the molecule is FC(F)(F)c1cc(NC2CCNCC2)c2c(c1)Sc1ccccc1N2. The van der Waals surface area contributed by atoms with Crippen LogP contribution in [-0.4, -0.2) is 19.1 Å². The number of hydrogen-bond acceptors (Lipinski definition) is 4. The molecule has 3 N–H and O–H groups in total. The summed E-state index contributed by atoms with van der Waals surface area (Å²) < 4.78 is 40.0. The second-order valence-corrected chi connectivity index (χ2v) is 7.37. The summed E-state index contributed by atoms with van der Waals surface area (Å²) in [6.07, 6.45) is -2.57. The lowest BCUT2D eigenvalue weighted by molar-refractivity contribution is -0.137. The van der Waals surface area contributed by atoms with Gasteiger partial charge in [0.2, 0.25) is 0 Å². The Balaban J connectivity index is 1.74. The highest BCUT2D eigenvalue weighted by Gasteiger charge is 2.33. The lowest BCUT2D eigenvalue weighted by atomic mass is 10.0. The summed E-state index contributed by atoms with van der Waals surface area (Å²) in [6.45, 7) is 1.76. The van der Waals surface area contributed by atoms with Crippen LogP contribution in [0.5, 0.6) is 0 Å². The third-order valence-electron chi connectivity index (χ3n) is 4.49. The Kier molecular flexibility index (Phi) is 4.29. The largest absolute Gasteiger partial charge is 0.416 e. The second kappa shape index (κ2) is 6.46. The van der Waals surface area contributed by atoms with Gasteiger partial charge in [-0.05, 0) is 50.2 Å². The van der Waals surface area contributed by atoms with Crippen molar-refractivity contribution >= 4 is 28.8 Å². The molecule has 0 saturated carbocycles. The first-order valence-corrected chi connectivity index (χ1v) is 9.09. The zero-order valence-electron chi connectivity index (χ0n) is 13.4. The molecule has 0 aliphatic carbocycles. The molecule has 1 fully saturated rings. The van der Waals surface area contributed by atoms with E-state index in [1.807, 2.05) is 24.3 Å². The molecule has 4 rings (SSSR count). The van der Waals surface area contributed by atoms with Gasteiger partial charge >= 0.3 is 6.18 Å². The van der Waals surface area contributed by atoms with Crippen LogP contribution in [0.15, 0.2) is 46.2 Å². The van der Waals surface area contributed by atoms with Gasteiger partial charge in [0, 0.05) is 15.8 Å². The molecule has 0 aromatic heterocycles. The monoisotopic (exact) mass is 365 g/mol. The van der Waals surface area contributed by atoms with Crippen molar-refractivity contribution in [1.82, 2.24) is 5.32 Å². The first-order chi connectivity index (χ1) is 12.0. The third kappa shape index (κ3) is 3.43. The molecular weight excluding hydrogens is 347 g/mol. The Morgan fingerprint density at radius 2 is 1.80 bits per heavy atom. The van der Waals surface area contributed by atoms with Crippen LogP contribution in [0, 0.1) is 0 Å². The van der Waals surface area contributed by atoms with Crippen molar-refractivity contribution in [2.24, 2.45) is 0 Å². The Morgan fingerprint density at radius 1 is 1.04 bits per heavy atom. The van der Waals surface area contributed by atoms with Crippen molar-refractivity contribution in [2.45, 2.75) is 34.9 Å². The maximum Gasteiger partial charge on any atom is 0.416 e. The van der Waals surface area contributed by atoms with E-state index in [4.69, 9.17) is 0 Å². The van der Waals surface area contributed by atoms with Gasteiger partial charge in [-0.1, -0.05) is 23.9 Å². The first-order valence-electron chi connectivity index (χ1n) is 8.27. The Hall–Kier alpha value is -1.86. The van der Waals surface area contributed by atoms with Gasteiger partial charge in [0.05, 0.1) is 22.6 Å². The zero-order valence-corrected chi connectivity index (χ0v) is 14.2. The smallest absolute Gasteiger partial charge is 0.380 e. The molecule has 0 radical (unpaired) electrons. The summed E-state index contributed by atoms with van der Waals surface area (Å²) in [7, 11) is 0. The summed E-state index contributed by atoms with van der Waals surface area (Å²) >= 11 is 1.37. The van der Waals surface area contributed by atoms with E-state index < -0.39 is 11.7 Å². The van der Waals surface area contributed by atoms with Crippen molar-refractivity contribution < 1.29 is 13.2 Å². The highest BCUT2D eigenvalue weighted by Crippen LogP contribution is 2.49. The first kappa shape index (κ1) is 16.6. The quantitative estimate of drug-likeness (QED) is 0.592. The fourth-order valence-corrected chi connectivity index (χ4v) is 4.26. The predicted molar refractivity (Wildman–Crippen MR) is 94.8 cm³/mol. The number of para-hydroxylation sites is 1. The van der Waals surface area contributed by atoms with Gasteiger partial charge in [-0.25, -0.2) is 0 Å². The molecule has 0 spiro atoms. The maximum atomic E-state index is 13.3. The Labute approximate surface area is 148 Å². The van der Waals surface area contributed by atoms with Gasteiger partial charge in [0.1, 0.15) is 0 Å². The minimum Gasteiger partial charge on any atom is -0.380 e. The topological polar surface area (TPSA) is 36.1 Å². The lowest BCUT2D eigenvalue weighted by Gasteiger charge is -2.29. The third-order valence-corrected chi connectivity index (χ3v) is 5.61. The van der Waals surface area contributed by atoms with E-state index >= 15 is 0 Å². The number of piperidine rings is 1. The number of fused-ring (bicyclic) bond motifs is 2. The van der Waals surface area contributed by atoms with Gasteiger partial charge in [-0.15, -0.1) is 0 Å². The summed E-state index contributed by atoms with van der Waals surface area (Å²) in [5, 5.41) is 9.92. The van der Waals surface area contributed by atoms with E-state index in [1.165, 1.54) is 23.9 Å². The average Bonchev–Trinajstić information content (AvgIpc) is 2.60. The molecule has 1 saturated heterocycles. The van der Waals surface area contributed by atoms with Gasteiger partial charge < -0.3 is 16.0 Å². The second-order valence-electron chi connectivity index (χ2n) is 6.29. The van der Waals surface area contributed by atoms with Crippen LogP contribution in [0.4, 0.5) is 30.2 Å². The molecule has 2 aliphatic heterocycles. The maximum absolute atomic E-state index is 13.3. The average molecular weight is 365 g/mol. The zero-order chi connectivity index (χ0) is 17.4. The summed E-state index contributed by atoms with van der Waals surface area (Å²) in [6, 6.07) is 10.3. The summed E-state index contributed by atoms with van der Waals surface area (Å²) in [5.41, 5.74) is 1.57. The van der Waals surface area contributed by atoms with E-state index in [0.29, 0.717) is 10.6 Å². The van der Waals surface area contributed by atoms with Crippen molar-refractivity contribution in [2.75, 3.05) is 23.7 Å². The van der Waals surface area contributed by atoms with Crippen LogP contribution < -0.4 is 16.0 Å². The highest BCUT2D eigenvalue weighted by atomic mass is 32.2. The summed E-state index contributed by atoms with van der Waals surface area (Å²) in [5.74, 6) is 0. The van der Waals surface area contributed by atoms with Crippen LogP contribution in [0.1, 0.15) is 18.4 Å². The van der Waals surface area contributed by atoms with Crippen LogP contribution in [0.3, 0.4) is 0 Å². The molecule has 2 heterocycles. The molecule has 25 heavy (non-hydrogen) atoms. The number of halogens is 3. The normalized spacial score (nSPS) is 17.4. The molecule has 2 aliphatic rings. The van der Waals surface area contributed by atoms with Gasteiger partial charge in [0.25, 0.3) is 0 Å². The highest BCUT2D eigenvalue weighted by molar-refractivity contribution is 7.99. The molecular formula is C18H18F3N3S. The molecule has 0 unspecified atom stereocenters. The number of nitrogens with one attached hydrogen (secondary N) is 3. The van der Waals surface area contributed by atoms with E-state index in [2.05, 4.69) is 16.0 Å². The number of alkyl halides is 3. The van der Waals surface area contributed by atoms with E-state index in [-0.39, 0.29) is 6.04 Å². The Bertz CT molecular complexity index is 786. The van der Waals surface area contributed by atoms with Gasteiger partial charge in [0.15, 0.2) is 0 Å². The predicted octanol–water partition coefficient (Wildman–Crippen LogP) is 5.08. The Morgan fingerprint density at radius 3 is 2.56 bits per heavy atom. The fraction of sp³-hybridized carbons (Fsp3) is 0.333. The molecule has 2 aromatic carbocycles. The van der Waals surface area contributed by atoms with Crippen molar-refractivity contribution in [3.8, 4) is 0 Å². The summed E-state index contributed by atoms with van der Waals surface area (Å²) in [4.78, 5) is 1.53. The van der Waals surface area contributed by atoms with Gasteiger partial charge in [-0.2, -0.15) is 13.2 Å². The lowest BCUT2D eigenvalue weighted by Crippen LogP contribution is -2.35. The molecule has 0 bridgehead atoms. The molecule has 7 heteroatoms. The molecule has 132 valence electrons. The number of hydrogen-bond donors (Lipinski definition) is 3. The van der Waals surface area contributed by atoms with Crippen LogP contribution in [0.2, 0.25) is 0 Å². The van der Waals surface area contributed by atoms with E-state index in [0.717, 1.165) is 42.2 Å². The van der Waals surface area contributed by atoms with E-state index in [1.54, 1.807) is 0 Å². The van der Waals surface area contributed by atoms with Crippen molar-refractivity contribution in [3.05, 3.63) is 42.0 Å². The number of benzene rings is 2. The molecule has 3 nitrogen and oxygen atoms in total. The van der Waals surface area contributed by atoms with Crippen LogP contribution in [0.25, 0.3) is 0 Å². The number of anilines is 3. The number of rotatable bonds is 2. The van der Waals surface area contributed by atoms with E-state index in [9.17, 15) is 13.2 Å². The minimum atomic E-state index is -4.36. The van der Waals surface area contributed by atoms with Crippen LogP contribution >= 0.6 is 11.8 Å². The van der Waals surface area contributed by atoms with Gasteiger partial charge in [-0.3, -0.25) is 0 Å². The van der Waals surface area contributed by atoms with Crippen LogP contribution in [-0.2, 0) is 6.18 Å².